The molecule has 0 saturated heterocycles. The lowest BCUT2D eigenvalue weighted by Gasteiger charge is -2.09. The topological polar surface area (TPSA) is 101 Å². The Bertz CT molecular complexity index is 866. The van der Waals surface area contributed by atoms with Crippen LogP contribution in [-0.4, -0.2) is 20.9 Å². The number of nitrogens with two attached hydrogens (primary N) is 1. The average molecular weight is 406 g/mol. The molecule has 4 N–H and O–H groups in total. The minimum Gasteiger partial charge on any atom is -0.396 e. The molecule has 25 heavy (non-hydrogen) atoms. The van der Waals surface area contributed by atoms with E-state index in [0.29, 0.717) is 5.69 Å². The van der Waals surface area contributed by atoms with Crippen LogP contribution in [0, 0.1) is 5.82 Å². The molecule has 1 amide bonds. The van der Waals surface area contributed by atoms with Crippen LogP contribution in [0.3, 0.4) is 0 Å². The largest absolute Gasteiger partial charge is 0.396 e. The number of hydrogen-bond acceptors (Lipinski definition) is 4. The summed E-state index contributed by atoms with van der Waals surface area (Å²) in [6.45, 7) is -0.137. The number of carbonyl (C=O) groups is 1. The molecule has 0 heterocycles. The summed E-state index contributed by atoms with van der Waals surface area (Å²) in [5, 5.41) is 2.93. The van der Waals surface area contributed by atoms with Gasteiger partial charge in [-0.15, -0.1) is 0 Å². The Balaban J connectivity index is 1.91. The van der Waals surface area contributed by atoms with Crippen molar-refractivity contribution in [3.8, 4) is 0 Å². The summed E-state index contributed by atoms with van der Waals surface area (Å²) < 4.78 is 39.1. The lowest BCUT2D eigenvalue weighted by atomic mass is 10.2. The first-order valence-electron chi connectivity index (χ1n) is 6.98. The minimum atomic E-state index is -3.82. The third-order valence-corrected chi connectivity index (χ3v) is 5.23. The summed E-state index contributed by atoms with van der Waals surface area (Å²) in [7, 11) is -3.82. The highest BCUT2D eigenvalue weighted by atomic mass is 35.5. The summed E-state index contributed by atoms with van der Waals surface area (Å²) in [5.74, 6) is -0.988. The van der Waals surface area contributed by atoms with Crippen LogP contribution in [0.25, 0.3) is 0 Å². The number of anilines is 2. The van der Waals surface area contributed by atoms with E-state index in [1.807, 2.05) is 0 Å². The number of nitrogen functional groups attached to an aromatic ring is 1. The second-order valence-corrected chi connectivity index (χ2v) is 7.58. The summed E-state index contributed by atoms with van der Waals surface area (Å²) in [4.78, 5) is 11.8. The van der Waals surface area contributed by atoms with Crippen molar-refractivity contribution in [3.05, 3.63) is 52.3 Å². The number of hydrogen-bond donors (Lipinski definition) is 3. The fourth-order valence-corrected chi connectivity index (χ4v) is 3.39. The van der Waals surface area contributed by atoms with Crippen LogP contribution in [0.5, 0.6) is 0 Å². The van der Waals surface area contributed by atoms with Gasteiger partial charge in [-0.25, -0.2) is 17.5 Å². The second kappa shape index (κ2) is 8.01. The lowest BCUT2D eigenvalue weighted by molar-refractivity contribution is -0.116. The van der Waals surface area contributed by atoms with E-state index in [4.69, 9.17) is 28.9 Å². The lowest BCUT2D eigenvalue weighted by Crippen LogP contribution is -2.27. The van der Waals surface area contributed by atoms with Crippen molar-refractivity contribution in [2.75, 3.05) is 17.6 Å². The number of carbonyl (C=O) groups excluding carboxylic acids is 1. The number of benzene rings is 2. The molecule has 2 rings (SSSR count). The predicted octanol–water partition coefficient (Wildman–Crippen LogP) is 3.02. The Hall–Kier alpha value is -1.87. The average Bonchev–Trinajstić information content (AvgIpc) is 2.52. The summed E-state index contributed by atoms with van der Waals surface area (Å²) in [6.07, 6.45) is -0.125. The van der Waals surface area contributed by atoms with Crippen LogP contribution < -0.4 is 15.8 Å². The van der Waals surface area contributed by atoms with Gasteiger partial charge < -0.3 is 11.1 Å². The number of rotatable bonds is 6. The fraction of sp³-hybridized carbons (Fsp3) is 0.133. The smallest absolute Gasteiger partial charge is 0.240 e. The van der Waals surface area contributed by atoms with Crippen LogP contribution in [0.2, 0.25) is 10.0 Å². The predicted molar refractivity (Wildman–Crippen MR) is 95.7 cm³/mol. The zero-order chi connectivity index (χ0) is 18.6. The van der Waals surface area contributed by atoms with Crippen molar-refractivity contribution >= 4 is 50.5 Å². The molecule has 2 aromatic rings. The summed E-state index contributed by atoms with van der Waals surface area (Å²) in [6, 6.07) is 7.21. The molecule has 0 aliphatic heterocycles. The highest BCUT2D eigenvalue weighted by Crippen LogP contribution is 2.31. The zero-order valence-corrected chi connectivity index (χ0v) is 15.1. The van der Waals surface area contributed by atoms with E-state index in [1.54, 1.807) is 0 Å². The molecule has 134 valence electrons. The SMILES string of the molecule is Nc1c(Cl)cc(NC(=O)CCNS(=O)(=O)c2ccc(F)cc2)cc1Cl. The molecule has 0 spiro atoms. The molecule has 6 nitrogen and oxygen atoms in total. The first-order chi connectivity index (χ1) is 11.7. The highest BCUT2D eigenvalue weighted by Gasteiger charge is 2.14. The normalized spacial score (nSPS) is 11.3. The Morgan fingerprint density at radius 1 is 1.12 bits per heavy atom. The fourth-order valence-electron chi connectivity index (χ4n) is 1.88. The van der Waals surface area contributed by atoms with Crippen molar-refractivity contribution in [2.45, 2.75) is 11.3 Å². The van der Waals surface area contributed by atoms with Gasteiger partial charge in [0, 0.05) is 18.7 Å². The third-order valence-electron chi connectivity index (χ3n) is 3.13. The van der Waals surface area contributed by atoms with Gasteiger partial charge in [-0.05, 0) is 36.4 Å². The van der Waals surface area contributed by atoms with E-state index in [-0.39, 0.29) is 33.6 Å². The quantitative estimate of drug-likeness (QED) is 0.642. The van der Waals surface area contributed by atoms with Gasteiger partial charge in [0.25, 0.3) is 0 Å². The van der Waals surface area contributed by atoms with Crippen LogP contribution in [-0.2, 0) is 14.8 Å². The van der Waals surface area contributed by atoms with E-state index in [9.17, 15) is 17.6 Å². The van der Waals surface area contributed by atoms with Crippen molar-refractivity contribution < 1.29 is 17.6 Å². The summed E-state index contributed by atoms with van der Waals surface area (Å²) >= 11 is 11.7. The van der Waals surface area contributed by atoms with E-state index in [1.165, 1.54) is 12.1 Å². The number of amides is 1. The third kappa shape index (κ3) is 5.30. The molecular formula is C15H14Cl2FN3O3S. The molecule has 2 aromatic carbocycles. The maximum Gasteiger partial charge on any atom is 0.240 e. The van der Waals surface area contributed by atoms with Crippen molar-refractivity contribution in [2.24, 2.45) is 0 Å². The molecule has 0 fully saturated rings. The van der Waals surface area contributed by atoms with Gasteiger partial charge in [0.15, 0.2) is 0 Å². The minimum absolute atomic E-state index is 0.0913. The molecule has 10 heteroatoms. The van der Waals surface area contributed by atoms with Crippen LogP contribution in [0.1, 0.15) is 6.42 Å². The van der Waals surface area contributed by atoms with Crippen molar-refractivity contribution in [1.82, 2.24) is 4.72 Å². The van der Waals surface area contributed by atoms with Crippen LogP contribution >= 0.6 is 23.2 Å². The second-order valence-electron chi connectivity index (χ2n) is 5.00. The maximum atomic E-state index is 12.8. The molecular weight excluding hydrogens is 392 g/mol. The first kappa shape index (κ1) is 19.5. The Morgan fingerprint density at radius 2 is 1.68 bits per heavy atom. The molecule has 0 aliphatic rings. The van der Waals surface area contributed by atoms with Crippen LogP contribution in [0.15, 0.2) is 41.3 Å². The molecule has 0 saturated carbocycles. The van der Waals surface area contributed by atoms with Gasteiger partial charge in [0.1, 0.15) is 5.82 Å². The van der Waals surface area contributed by atoms with Crippen molar-refractivity contribution in [3.63, 3.8) is 0 Å². The van der Waals surface area contributed by atoms with Crippen molar-refractivity contribution in [1.29, 1.82) is 0 Å². The van der Waals surface area contributed by atoms with Gasteiger partial charge in [-0.3, -0.25) is 4.79 Å². The number of halogens is 3. The number of nitrogens with one attached hydrogen (secondary N) is 2. The Labute approximate surface area is 154 Å². The molecule has 0 aliphatic carbocycles. The number of sulfonamides is 1. The van der Waals surface area contributed by atoms with E-state index in [2.05, 4.69) is 10.0 Å². The maximum absolute atomic E-state index is 12.8. The van der Waals surface area contributed by atoms with E-state index < -0.39 is 21.7 Å². The van der Waals surface area contributed by atoms with E-state index in [0.717, 1.165) is 24.3 Å². The first-order valence-corrected chi connectivity index (χ1v) is 9.22. The van der Waals surface area contributed by atoms with Crippen LogP contribution in [0.4, 0.5) is 15.8 Å². The monoisotopic (exact) mass is 405 g/mol. The standard InChI is InChI=1S/C15H14Cl2FN3O3S/c16-12-7-10(8-13(17)15(12)19)21-14(22)5-6-20-25(23,24)11-3-1-9(18)2-4-11/h1-4,7-8,20H,5-6,19H2,(H,21,22). The summed E-state index contributed by atoms with van der Waals surface area (Å²) in [5.41, 5.74) is 6.14. The molecule has 0 atom stereocenters. The van der Waals surface area contributed by atoms with Gasteiger partial charge in [-0.1, -0.05) is 23.2 Å². The Kier molecular flexibility index (Phi) is 6.23. The molecule has 0 aromatic heterocycles. The molecule has 0 bridgehead atoms. The Morgan fingerprint density at radius 3 is 2.24 bits per heavy atom. The van der Waals surface area contributed by atoms with Gasteiger partial charge >= 0.3 is 0 Å². The van der Waals surface area contributed by atoms with Gasteiger partial charge in [-0.2, -0.15) is 0 Å². The molecule has 0 radical (unpaired) electrons. The highest BCUT2D eigenvalue weighted by molar-refractivity contribution is 7.89. The zero-order valence-electron chi connectivity index (χ0n) is 12.7. The van der Waals surface area contributed by atoms with Gasteiger partial charge in [0.2, 0.25) is 15.9 Å². The van der Waals surface area contributed by atoms with Gasteiger partial charge in [0.05, 0.1) is 20.6 Å². The molecule has 0 unspecified atom stereocenters. The van der Waals surface area contributed by atoms with E-state index >= 15 is 0 Å².